The molecular weight excluding hydrogens is 342 g/mol. The Bertz CT molecular complexity index is 841. The molecule has 0 aromatic heterocycles. The van der Waals surface area contributed by atoms with E-state index in [1.165, 1.54) is 35.2 Å². The van der Waals surface area contributed by atoms with Gasteiger partial charge in [-0.05, 0) is 29.8 Å². The minimum atomic E-state index is -0.683. The number of benzene rings is 2. The van der Waals surface area contributed by atoms with Gasteiger partial charge in [0.1, 0.15) is 12.4 Å². The van der Waals surface area contributed by atoms with Gasteiger partial charge < -0.3 is 15.0 Å². The number of hydrogen-bond donors (Lipinski definition) is 1. The number of hydrogen-bond acceptors (Lipinski definition) is 3. The molecule has 2 aromatic rings. The first-order chi connectivity index (χ1) is 12.5. The van der Waals surface area contributed by atoms with E-state index in [0.29, 0.717) is 11.3 Å². The summed E-state index contributed by atoms with van der Waals surface area (Å²) in [5.74, 6) is -2.13. The minimum Gasteiger partial charge on any atom is -0.489 e. The van der Waals surface area contributed by atoms with E-state index in [-0.39, 0.29) is 37.1 Å². The molecule has 0 bridgehead atoms. The van der Waals surface area contributed by atoms with Crippen molar-refractivity contribution in [1.29, 1.82) is 0 Å². The molecule has 0 fully saturated rings. The molecule has 1 unspecified atom stereocenters. The molecule has 0 radical (unpaired) electrons. The third-order valence-corrected chi connectivity index (χ3v) is 4.25. The number of likely N-dealkylation sites (N-methyl/N-ethyl adjacent to an activating group) is 1. The summed E-state index contributed by atoms with van der Waals surface area (Å²) in [6, 6.07) is 9.99. The number of ether oxygens (including phenoxy) is 1. The second kappa shape index (κ2) is 7.51. The molecule has 0 saturated carbocycles. The number of fused-ring (bicyclic) bond motifs is 1. The van der Waals surface area contributed by atoms with Gasteiger partial charge >= 0.3 is 0 Å². The van der Waals surface area contributed by atoms with Gasteiger partial charge in [-0.15, -0.1) is 0 Å². The molecule has 5 nitrogen and oxygen atoms in total. The maximum absolute atomic E-state index is 13.5. The Labute approximate surface area is 149 Å². The van der Waals surface area contributed by atoms with E-state index in [1.54, 1.807) is 19.2 Å². The van der Waals surface area contributed by atoms with E-state index < -0.39 is 17.6 Å². The van der Waals surface area contributed by atoms with E-state index in [4.69, 9.17) is 4.74 Å². The van der Waals surface area contributed by atoms with Gasteiger partial charge in [0, 0.05) is 19.2 Å². The van der Waals surface area contributed by atoms with Gasteiger partial charge in [-0.3, -0.25) is 9.59 Å². The Morgan fingerprint density at radius 2 is 2.04 bits per heavy atom. The highest BCUT2D eigenvalue weighted by Gasteiger charge is 2.32. The third-order valence-electron chi connectivity index (χ3n) is 4.25. The van der Waals surface area contributed by atoms with Gasteiger partial charge in [-0.1, -0.05) is 18.2 Å². The zero-order valence-corrected chi connectivity index (χ0v) is 14.2. The van der Waals surface area contributed by atoms with Crippen LogP contribution in [0.25, 0.3) is 0 Å². The molecule has 1 N–H and O–H groups in total. The van der Waals surface area contributed by atoms with E-state index in [0.717, 1.165) is 0 Å². The van der Waals surface area contributed by atoms with Crippen LogP contribution in [0.2, 0.25) is 0 Å². The highest BCUT2D eigenvalue weighted by atomic mass is 19.1. The van der Waals surface area contributed by atoms with E-state index >= 15 is 0 Å². The Hall–Kier alpha value is -2.96. The molecule has 0 aliphatic carbocycles. The van der Waals surface area contributed by atoms with Crippen LogP contribution in [0.3, 0.4) is 0 Å². The smallest absolute Gasteiger partial charge is 0.230 e. The molecule has 2 aromatic carbocycles. The summed E-state index contributed by atoms with van der Waals surface area (Å²) in [5, 5.41) is 2.58. The van der Waals surface area contributed by atoms with Crippen molar-refractivity contribution in [2.75, 3.05) is 25.5 Å². The van der Waals surface area contributed by atoms with Gasteiger partial charge in [-0.25, -0.2) is 8.78 Å². The van der Waals surface area contributed by atoms with E-state index in [1.807, 2.05) is 0 Å². The van der Waals surface area contributed by atoms with Gasteiger partial charge in [0.2, 0.25) is 11.8 Å². The van der Waals surface area contributed by atoms with Crippen molar-refractivity contribution in [2.45, 2.75) is 12.3 Å². The normalized spacial score (nSPS) is 15.8. The lowest BCUT2D eigenvalue weighted by atomic mass is 9.89. The maximum atomic E-state index is 13.5. The van der Waals surface area contributed by atoms with Gasteiger partial charge in [0.05, 0.1) is 12.5 Å². The number of nitrogens with zero attached hydrogens (tertiary/aromatic N) is 1. The molecule has 26 heavy (non-hydrogen) atoms. The lowest BCUT2D eigenvalue weighted by molar-refractivity contribution is -0.134. The SMILES string of the molecule is CN(CCOc1ccccc1F)C(=O)C1CC(=O)Nc2cc(F)ccc21. The van der Waals surface area contributed by atoms with Gasteiger partial charge in [0.25, 0.3) is 0 Å². The second-order valence-corrected chi connectivity index (χ2v) is 6.08. The van der Waals surface area contributed by atoms with Crippen LogP contribution in [0.4, 0.5) is 14.5 Å². The molecule has 7 heteroatoms. The lowest BCUT2D eigenvalue weighted by Gasteiger charge is -2.28. The molecule has 0 saturated heterocycles. The highest BCUT2D eigenvalue weighted by Crippen LogP contribution is 2.33. The van der Waals surface area contributed by atoms with Crippen molar-refractivity contribution < 1.29 is 23.1 Å². The summed E-state index contributed by atoms with van der Waals surface area (Å²) < 4.78 is 32.3. The van der Waals surface area contributed by atoms with E-state index in [2.05, 4.69) is 5.32 Å². The molecule has 1 aliphatic heterocycles. The fraction of sp³-hybridized carbons (Fsp3) is 0.263. The topological polar surface area (TPSA) is 58.6 Å². The van der Waals surface area contributed by atoms with Crippen LogP contribution < -0.4 is 10.1 Å². The van der Waals surface area contributed by atoms with Crippen LogP contribution in [-0.2, 0) is 9.59 Å². The first-order valence-corrected chi connectivity index (χ1v) is 8.17. The van der Waals surface area contributed by atoms with Crippen molar-refractivity contribution in [3.8, 4) is 5.75 Å². The number of amides is 2. The molecular formula is C19H18F2N2O3. The van der Waals surface area contributed by atoms with Crippen molar-refractivity contribution in [3.05, 3.63) is 59.7 Å². The van der Waals surface area contributed by atoms with Crippen molar-refractivity contribution in [2.24, 2.45) is 0 Å². The zero-order valence-electron chi connectivity index (χ0n) is 14.2. The fourth-order valence-corrected chi connectivity index (χ4v) is 2.89. The average Bonchev–Trinajstić information content (AvgIpc) is 2.61. The number of halogens is 2. The fourth-order valence-electron chi connectivity index (χ4n) is 2.89. The maximum Gasteiger partial charge on any atom is 0.230 e. The van der Waals surface area contributed by atoms with Gasteiger partial charge in [-0.2, -0.15) is 0 Å². The Morgan fingerprint density at radius 1 is 1.27 bits per heavy atom. The minimum absolute atomic E-state index is 0.00399. The second-order valence-electron chi connectivity index (χ2n) is 6.08. The monoisotopic (exact) mass is 360 g/mol. The predicted octanol–water partition coefficient (Wildman–Crippen LogP) is 2.93. The summed E-state index contributed by atoms with van der Waals surface area (Å²) in [5.41, 5.74) is 0.897. The number of nitrogens with one attached hydrogen (secondary N) is 1. The van der Waals surface area contributed by atoms with Crippen LogP contribution in [0, 0.1) is 11.6 Å². The number of carbonyl (C=O) groups is 2. The molecule has 0 spiro atoms. The molecule has 1 aliphatic rings. The summed E-state index contributed by atoms with van der Waals surface area (Å²) in [6.07, 6.45) is -0.00399. The zero-order chi connectivity index (χ0) is 18.7. The van der Waals surface area contributed by atoms with Crippen LogP contribution in [-0.4, -0.2) is 36.9 Å². The molecule has 1 heterocycles. The lowest BCUT2D eigenvalue weighted by Crippen LogP contribution is -2.38. The Kier molecular flexibility index (Phi) is 5.16. The first kappa shape index (κ1) is 17.8. The number of anilines is 1. The summed E-state index contributed by atoms with van der Waals surface area (Å²) in [7, 11) is 1.59. The standard InChI is InChI=1S/C19H18F2N2O3/c1-23(8-9-26-17-5-3-2-4-15(17)21)19(25)14-11-18(24)22-16-10-12(20)6-7-13(14)16/h2-7,10,14H,8-9,11H2,1H3,(H,22,24). The number of para-hydroxylation sites is 1. The largest absolute Gasteiger partial charge is 0.489 e. The van der Waals surface area contributed by atoms with Gasteiger partial charge in [0.15, 0.2) is 11.6 Å². The number of carbonyl (C=O) groups excluding carboxylic acids is 2. The van der Waals surface area contributed by atoms with Crippen molar-refractivity contribution in [1.82, 2.24) is 4.90 Å². The van der Waals surface area contributed by atoms with E-state index in [9.17, 15) is 18.4 Å². The van der Waals surface area contributed by atoms with Crippen molar-refractivity contribution in [3.63, 3.8) is 0 Å². The highest BCUT2D eigenvalue weighted by molar-refractivity contribution is 6.01. The summed E-state index contributed by atoms with van der Waals surface area (Å²) in [6.45, 7) is 0.334. The quantitative estimate of drug-likeness (QED) is 0.892. The molecule has 136 valence electrons. The van der Waals surface area contributed by atoms with Crippen LogP contribution >= 0.6 is 0 Å². The third kappa shape index (κ3) is 3.82. The first-order valence-electron chi connectivity index (χ1n) is 8.17. The molecule has 3 rings (SSSR count). The van der Waals surface area contributed by atoms with Crippen molar-refractivity contribution >= 4 is 17.5 Å². The Balaban J connectivity index is 1.65. The van der Waals surface area contributed by atoms with Crippen LogP contribution in [0.5, 0.6) is 5.75 Å². The predicted molar refractivity (Wildman–Crippen MR) is 91.9 cm³/mol. The van der Waals surface area contributed by atoms with Crippen LogP contribution in [0.1, 0.15) is 17.9 Å². The van der Waals surface area contributed by atoms with Crippen LogP contribution in [0.15, 0.2) is 42.5 Å². The number of rotatable bonds is 5. The summed E-state index contributed by atoms with van der Waals surface area (Å²) >= 11 is 0. The average molecular weight is 360 g/mol. The Morgan fingerprint density at radius 3 is 2.81 bits per heavy atom. The molecule has 1 atom stereocenters. The molecule has 2 amide bonds. The summed E-state index contributed by atoms with van der Waals surface area (Å²) in [4.78, 5) is 26.0.